The van der Waals surface area contributed by atoms with Gasteiger partial charge in [0.25, 0.3) is 0 Å². The van der Waals surface area contributed by atoms with Gasteiger partial charge in [-0.3, -0.25) is 9.97 Å². The number of hydrogen-bond acceptors (Lipinski definition) is 6. The molecule has 0 amide bonds. The zero-order valence-corrected chi connectivity index (χ0v) is 15.1. The molecule has 7 nitrogen and oxygen atoms in total. The summed E-state index contributed by atoms with van der Waals surface area (Å²) in [6.45, 7) is 3.40. The lowest BCUT2D eigenvalue weighted by Crippen LogP contribution is -2.19. The van der Waals surface area contributed by atoms with Crippen LogP contribution >= 0.6 is 0 Å². The van der Waals surface area contributed by atoms with Crippen LogP contribution in [0.1, 0.15) is 11.3 Å². The molecule has 4 rings (SSSR count). The van der Waals surface area contributed by atoms with Crippen LogP contribution in [0.25, 0.3) is 11.0 Å². The number of fused-ring (bicyclic) bond motifs is 1. The summed E-state index contributed by atoms with van der Waals surface area (Å²) in [6.07, 6.45) is 1.32. The minimum absolute atomic E-state index is 0.263. The summed E-state index contributed by atoms with van der Waals surface area (Å²) in [4.78, 5) is 11.9. The molecule has 3 aromatic rings. The number of aromatic nitrogens is 3. The fourth-order valence-electron chi connectivity index (χ4n) is 2.75. The van der Waals surface area contributed by atoms with E-state index in [4.69, 9.17) is 14.2 Å². The molecule has 0 saturated carbocycles. The van der Waals surface area contributed by atoms with E-state index in [0.717, 1.165) is 22.3 Å². The standard InChI is InChI=1S/C18H19N3O4S/c1-12-15(19-7-6-16(12)25-10-17-23-8-9-24-17)11-26(22)18-20-13-4-2-3-5-14(13)21-18/h2-7,17H,8-11H2,1H3,(H,20,21). The van der Waals surface area contributed by atoms with Gasteiger partial charge in [-0.25, -0.2) is 0 Å². The molecule has 1 aliphatic heterocycles. The van der Waals surface area contributed by atoms with Crippen molar-refractivity contribution in [1.82, 2.24) is 15.0 Å². The molecule has 1 fully saturated rings. The molecule has 1 unspecified atom stereocenters. The minimum Gasteiger partial charge on any atom is -0.609 e. The highest BCUT2D eigenvalue weighted by Crippen LogP contribution is 2.24. The third-order valence-electron chi connectivity index (χ3n) is 4.18. The number of rotatable bonds is 6. The van der Waals surface area contributed by atoms with Crippen LogP contribution < -0.4 is 4.74 Å². The second kappa shape index (κ2) is 7.63. The number of aromatic amines is 1. The first-order valence-electron chi connectivity index (χ1n) is 8.34. The highest BCUT2D eigenvalue weighted by Gasteiger charge is 2.21. The number of nitrogens with one attached hydrogen (secondary N) is 1. The maximum atomic E-state index is 12.7. The third-order valence-corrected chi connectivity index (χ3v) is 5.34. The maximum Gasteiger partial charge on any atom is 0.322 e. The van der Waals surface area contributed by atoms with E-state index < -0.39 is 11.2 Å². The first-order valence-corrected chi connectivity index (χ1v) is 9.66. The topological polar surface area (TPSA) is 92.3 Å². The first kappa shape index (κ1) is 17.3. The van der Waals surface area contributed by atoms with E-state index in [1.165, 1.54) is 0 Å². The van der Waals surface area contributed by atoms with Crippen molar-refractivity contribution < 1.29 is 18.8 Å². The zero-order chi connectivity index (χ0) is 17.9. The molecule has 1 aromatic carbocycles. The number of H-pyrrole nitrogens is 1. The van der Waals surface area contributed by atoms with Crippen LogP contribution in [0, 0.1) is 6.92 Å². The van der Waals surface area contributed by atoms with Gasteiger partial charge >= 0.3 is 5.16 Å². The minimum atomic E-state index is -1.33. The van der Waals surface area contributed by atoms with E-state index in [-0.39, 0.29) is 12.0 Å². The fourth-order valence-corrected chi connectivity index (χ4v) is 3.85. The Kier molecular flexibility index (Phi) is 5.07. The van der Waals surface area contributed by atoms with Crippen molar-refractivity contribution >= 4 is 22.2 Å². The average molecular weight is 373 g/mol. The molecule has 26 heavy (non-hydrogen) atoms. The van der Waals surface area contributed by atoms with E-state index in [1.54, 1.807) is 12.3 Å². The highest BCUT2D eigenvalue weighted by molar-refractivity contribution is 7.90. The van der Waals surface area contributed by atoms with Crippen LogP contribution in [0.15, 0.2) is 41.7 Å². The number of benzene rings is 1. The van der Waals surface area contributed by atoms with Gasteiger partial charge in [-0.05, 0) is 25.1 Å². The van der Waals surface area contributed by atoms with Gasteiger partial charge in [-0.1, -0.05) is 12.1 Å². The average Bonchev–Trinajstić information content (AvgIpc) is 3.31. The van der Waals surface area contributed by atoms with Crippen molar-refractivity contribution in [3.63, 3.8) is 0 Å². The lowest BCUT2D eigenvalue weighted by molar-refractivity contribution is -0.0685. The van der Waals surface area contributed by atoms with E-state index in [2.05, 4.69) is 15.0 Å². The Balaban J connectivity index is 1.47. The number of hydrogen-bond donors (Lipinski definition) is 1. The lowest BCUT2D eigenvalue weighted by atomic mass is 10.2. The molecular formula is C18H19N3O4S. The maximum absolute atomic E-state index is 12.7. The molecule has 3 heterocycles. The first-order chi connectivity index (χ1) is 12.7. The predicted molar refractivity (Wildman–Crippen MR) is 96.4 cm³/mol. The van der Waals surface area contributed by atoms with Gasteiger partial charge in [0.2, 0.25) is 0 Å². The van der Waals surface area contributed by atoms with Crippen molar-refractivity contribution in [2.75, 3.05) is 19.8 Å². The Morgan fingerprint density at radius 1 is 1.27 bits per heavy atom. The molecule has 1 saturated heterocycles. The number of para-hydroxylation sites is 2. The number of ether oxygens (including phenoxy) is 3. The number of nitrogens with zero attached hydrogens (tertiary/aromatic N) is 2. The molecule has 136 valence electrons. The summed E-state index contributed by atoms with van der Waals surface area (Å²) in [5, 5.41) is 0.450. The van der Waals surface area contributed by atoms with E-state index in [1.807, 2.05) is 31.2 Å². The quantitative estimate of drug-likeness (QED) is 0.667. The zero-order valence-electron chi connectivity index (χ0n) is 14.3. The van der Waals surface area contributed by atoms with Crippen LogP contribution in [0.4, 0.5) is 0 Å². The van der Waals surface area contributed by atoms with Crippen LogP contribution in [0.2, 0.25) is 0 Å². The second-order valence-corrected chi connectivity index (χ2v) is 7.28. The molecule has 2 aromatic heterocycles. The van der Waals surface area contributed by atoms with Gasteiger partial charge in [-0.15, -0.1) is 0 Å². The molecule has 0 spiro atoms. The Bertz CT molecular complexity index is 862. The Morgan fingerprint density at radius 2 is 2.08 bits per heavy atom. The summed E-state index contributed by atoms with van der Waals surface area (Å²) in [5.74, 6) is 0.954. The largest absolute Gasteiger partial charge is 0.609 e. The molecule has 0 bridgehead atoms. The van der Waals surface area contributed by atoms with Gasteiger partial charge in [-0.2, -0.15) is 4.98 Å². The SMILES string of the molecule is Cc1c(OCC2OCCO2)ccnc1C[S+]([O-])c1nc2ccccc2[nH]1. The van der Waals surface area contributed by atoms with Crippen LogP contribution in [-0.2, 0) is 26.4 Å². The summed E-state index contributed by atoms with van der Waals surface area (Å²) in [7, 11) is 0. The molecule has 0 aliphatic carbocycles. The monoisotopic (exact) mass is 373 g/mol. The second-order valence-electron chi connectivity index (χ2n) is 5.91. The van der Waals surface area contributed by atoms with E-state index in [0.29, 0.717) is 30.7 Å². The normalized spacial score (nSPS) is 16.2. The molecule has 0 radical (unpaired) electrons. The lowest BCUT2D eigenvalue weighted by Gasteiger charge is -2.15. The third kappa shape index (κ3) is 3.68. The van der Waals surface area contributed by atoms with Crippen molar-refractivity contribution in [3.05, 3.63) is 47.8 Å². The summed E-state index contributed by atoms with van der Waals surface area (Å²) in [5.41, 5.74) is 3.24. The Hall–Kier alpha value is -2.13. The summed E-state index contributed by atoms with van der Waals surface area (Å²) in [6, 6.07) is 9.40. The highest BCUT2D eigenvalue weighted by atomic mass is 32.2. The van der Waals surface area contributed by atoms with E-state index in [9.17, 15) is 4.55 Å². The number of imidazole rings is 1. The van der Waals surface area contributed by atoms with E-state index >= 15 is 0 Å². The smallest absolute Gasteiger partial charge is 0.322 e. The van der Waals surface area contributed by atoms with Crippen molar-refractivity contribution in [2.45, 2.75) is 24.1 Å². The van der Waals surface area contributed by atoms with Crippen molar-refractivity contribution in [1.29, 1.82) is 0 Å². The molecule has 1 N–H and O–H groups in total. The van der Waals surface area contributed by atoms with Crippen LogP contribution in [-0.4, -0.2) is 45.6 Å². The molecule has 1 atom stereocenters. The Morgan fingerprint density at radius 3 is 2.88 bits per heavy atom. The van der Waals surface area contributed by atoms with Crippen LogP contribution in [0.3, 0.4) is 0 Å². The summed E-state index contributed by atoms with van der Waals surface area (Å²) >= 11 is -1.33. The van der Waals surface area contributed by atoms with Gasteiger partial charge < -0.3 is 18.8 Å². The summed E-state index contributed by atoms with van der Waals surface area (Å²) < 4.78 is 29.2. The molecular weight excluding hydrogens is 354 g/mol. The molecule has 1 aliphatic rings. The van der Waals surface area contributed by atoms with Crippen molar-refractivity contribution in [3.8, 4) is 5.75 Å². The van der Waals surface area contributed by atoms with Gasteiger partial charge in [0, 0.05) is 22.9 Å². The van der Waals surface area contributed by atoms with Gasteiger partial charge in [0.1, 0.15) is 12.4 Å². The predicted octanol–water partition coefficient (Wildman–Crippen LogP) is 2.33. The number of pyridine rings is 1. The Labute approximate surface area is 153 Å². The molecule has 8 heteroatoms. The van der Waals surface area contributed by atoms with Gasteiger partial charge in [0.05, 0.1) is 29.9 Å². The van der Waals surface area contributed by atoms with Crippen LogP contribution in [0.5, 0.6) is 5.75 Å². The fraction of sp³-hybridized carbons (Fsp3) is 0.333. The van der Waals surface area contributed by atoms with Crippen molar-refractivity contribution in [2.24, 2.45) is 0 Å². The van der Waals surface area contributed by atoms with Gasteiger partial charge in [0.15, 0.2) is 12.0 Å².